The van der Waals surface area contributed by atoms with E-state index >= 15 is 0 Å². The highest BCUT2D eigenvalue weighted by Gasteiger charge is 2.26. The average Bonchev–Trinajstić information content (AvgIpc) is 2.65. The maximum absolute atomic E-state index is 11.0. The lowest BCUT2D eigenvalue weighted by Gasteiger charge is -2.08. The van der Waals surface area contributed by atoms with E-state index in [1.54, 1.807) is 0 Å². The molecule has 2 aliphatic rings. The summed E-state index contributed by atoms with van der Waals surface area (Å²) in [5.41, 5.74) is 2.26. The van der Waals surface area contributed by atoms with E-state index < -0.39 is 0 Å². The Morgan fingerprint density at radius 2 is 2.58 bits per heavy atom. The van der Waals surface area contributed by atoms with Crippen LogP contribution in [0.25, 0.3) is 0 Å². The van der Waals surface area contributed by atoms with Gasteiger partial charge in [-0.2, -0.15) is 0 Å². The molecule has 0 aromatic carbocycles. The molecule has 0 spiro atoms. The third-order valence-corrected chi connectivity index (χ3v) is 1.72. The van der Waals surface area contributed by atoms with Crippen LogP contribution in [0.1, 0.15) is 0 Å². The van der Waals surface area contributed by atoms with Gasteiger partial charge in [-0.1, -0.05) is 0 Å². The largest absolute Gasteiger partial charge is 0.355 e. The molecule has 3 N–H and O–H groups in total. The van der Waals surface area contributed by atoms with Crippen LogP contribution in [0.4, 0.5) is 0 Å². The molecule has 1 atom stereocenters. The number of amides is 1. The Morgan fingerprint density at radius 3 is 3.17 bits per heavy atom. The number of carbonyl (C=O) groups is 1. The van der Waals surface area contributed by atoms with Crippen LogP contribution in [0.15, 0.2) is 4.99 Å². The normalized spacial score (nSPS) is 27.8. The Balaban J connectivity index is 1.89. The van der Waals surface area contributed by atoms with Gasteiger partial charge >= 0.3 is 0 Å². The molecule has 2 heterocycles. The Morgan fingerprint density at radius 1 is 1.67 bits per heavy atom. The molecular formula is C6H10N4O2. The predicted molar refractivity (Wildman–Crippen MR) is 41.3 cm³/mol. The highest BCUT2D eigenvalue weighted by molar-refractivity contribution is 5.89. The molecule has 1 fully saturated rings. The molecule has 1 unspecified atom stereocenters. The Bertz CT molecular complexity index is 228. The molecule has 1 amide bonds. The Kier molecular flexibility index (Phi) is 1.83. The van der Waals surface area contributed by atoms with Crippen molar-refractivity contribution in [2.45, 2.75) is 6.04 Å². The fourth-order valence-corrected chi connectivity index (χ4v) is 1.11. The van der Waals surface area contributed by atoms with Gasteiger partial charge in [0.2, 0.25) is 0 Å². The van der Waals surface area contributed by atoms with Crippen LogP contribution in [0.3, 0.4) is 0 Å². The summed E-state index contributed by atoms with van der Waals surface area (Å²) in [6.07, 6.45) is 0. The second kappa shape index (κ2) is 2.98. The number of hydroxylamine groups is 1. The molecule has 2 aliphatic heterocycles. The number of rotatable bonds is 1. The van der Waals surface area contributed by atoms with E-state index in [9.17, 15) is 4.79 Å². The lowest BCUT2D eigenvalue weighted by molar-refractivity contribution is -0.124. The van der Waals surface area contributed by atoms with Crippen molar-refractivity contribution in [2.24, 2.45) is 4.99 Å². The summed E-state index contributed by atoms with van der Waals surface area (Å²) in [5.74, 6) is 0.534. The molecule has 6 nitrogen and oxygen atoms in total. The van der Waals surface area contributed by atoms with E-state index in [0.29, 0.717) is 12.6 Å². The molecular weight excluding hydrogens is 160 g/mol. The van der Waals surface area contributed by atoms with Gasteiger partial charge in [0.15, 0.2) is 5.96 Å². The van der Waals surface area contributed by atoms with E-state index in [1.807, 2.05) is 0 Å². The summed E-state index contributed by atoms with van der Waals surface area (Å²) < 4.78 is 0. The molecule has 2 rings (SSSR count). The summed E-state index contributed by atoms with van der Waals surface area (Å²) in [6.45, 7) is 1.94. The average molecular weight is 170 g/mol. The minimum absolute atomic E-state index is 0.147. The monoisotopic (exact) mass is 170 g/mol. The van der Waals surface area contributed by atoms with Crippen molar-refractivity contribution >= 4 is 11.9 Å². The van der Waals surface area contributed by atoms with Gasteiger partial charge in [-0.25, -0.2) is 5.48 Å². The van der Waals surface area contributed by atoms with Crippen LogP contribution >= 0.6 is 0 Å². The fourth-order valence-electron chi connectivity index (χ4n) is 1.11. The van der Waals surface area contributed by atoms with Gasteiger partial charge in [-0.15, -0.1) is 0 Å². The van der Waals surface area contributed by atoms with Gasteiger partial charge < -0.3 is 10.6 Å². The minimum atomic E-state index is -0.311. The lowest BCUT2D eigenvalue weighted by atomic mass is 10.3. The number of carbonyl (C=O) groups excluding carboxylic acids is 1. The van der Waals surface area contributed by atoms with Crippen molar-refractivity contribution in [1.82, 2.24) is 16.1 Å². The SMILES string of the molecule is O=C1NOCC1NC1=NCCN1. The molecule has 6 heteroatoms. The second-order valence-corrected chi connectivity index (χ2v) is 2.63. The zero-order valence-corrected chi connectivity index (χ0v) is 6.46. The molecule has 0 saturated carbocycles. The third kappa shape index (κ3) is 1.33. The number of aliphatic imine (C=N–C) groups is 1. The number of hydrogen-bond donors (Lipinski definition) is 3. The highest BCUT2D eigenvalue weighted by Crippen LogP contribution is 1.94. The van der Waals surface area contributed by atoms with Gasteiger partial charge in [-0.05, 0) is 0 Å². The highest BCUT2D eigenvalue weighted by atomic mass is 16.7. The van der Waals surface area contributed by atoms with Gasteiger partial charge in [0.25, 0.3) is 5.91 Å². The molecule has 0 bridgehead atoms. The molecule has 0 radical (unpaired) electrons. The molecule has 12 heavy (non-hydrogen) atoms. The fraction of sp³-hybridized carbons (Fsp3) is 0.667. The van der Waals surface area contributed by atoms with E-state index in [0.717, 1.165) is 13.1 Å². The van der Waals surface area contributed by atoms with E-state index in [1.165, 1.54) is 0 Å². The van der Waals surface area contributed by atoms with Gasteiger partial charge in [0.1, 0.15) is 12.6 Å². The standard InChI is InChI=1S/C6H10N4O2/c11-5-4(3-12-10-5)9-6-7-1-2-8-6/h4H,1-3H2,(H,10,11)(H2,7,8,9). The molecule has 0 aromatic rings. The van der Waals surface area contributed by atoms with Crippen LogP contribution in [-0.2, 0) is 9.63 Å². The number of hydrogen-bond acceptors (Lipinski definition) is 5. The van der Waals surface area contributed by atoms with Crippen molar-refractivity contribution in [3.63, 3.8) is 0 Å². The minimum Gasteiger partial charge on any atom is -0.355 e. The van der Waals surface area contributed by atoms with Crippen LogP contribution in [0.2, 0.25) is 0 Å². The first-order valence-corrected chi connectivity index (χ1v) is 3.83. The summed E-state index contributed by atoms with van der Waals surface area (Å²) in [4.78, 5) is 19.8. The first kappa shape index (κ1) is 7.35. The summed E-state index contributed by atoms with van der Waals surface area (Å²) in [6, 6.07) is -0.311. The second-order valence-electron chi connectivity index (χ2n) is 2.63. The summed E-state index contributed by atoms with van der Waals surface area (Å²) >= 11 is 0. The zero-order valence-electron chi connectivity index (χ0n) is 6.46. The van der Waals surface area contributed by atoms with Crippen LogP contribution in [0, 0.1) is 0 Å². The summed E-state index contributed by atoms with van der Waals surface area (Å²) in [7, 11) is 0. The molecule has 66 valence electrons. The first-order valence-electron chi connectivity index (χ1n) is 3.83. The zero-order chi connectivity index (χ0) is 8.39. The molecule has 0 aromatic heterocycles. The van der Waals surface area contributed by atoms with E-state index in [2.05, 4.69) is 21.1 Å². The first-order chi connectivity index (χ1) is 5.86. The van der Waals surface area contributed by atoms with Crippen molar-refractivity contribution in [2.75, 3.05) is 19.7 Å². The van der Waals surface area contributed by atoms with Crippen molar-refractivity contribution < 1.29 is 9.63 Å². The van der Waals surface area contributed by atoms with E-state index in [-0.39, 0.29) is 11.9 Å². The Hall–Kier alpha value is -1.30. The quantitative estimate of drug-likeness (QED) is 0.424. The smallest absolute Gasteiger partial charge is 0.268 e. The maximum atomic E-state index is 11.0. The number of nitrogens with zero attached hydrogens (tertiary/aromatic N) is 1. The topological polar surface area (TPSA) is 74.8 Å². The van der Waals surface area contributed by atoms with E-state index in [4.69, 9.17) is 4.84 Å². The van der Waals surface area contributed by atoms with Crippen molar-refractivity contribution in [3.05, 3.63) is 0 Å². The van der Waals surface area contributed by atoms with Gasteiger partial charge in [0.05, 0.1) is 6.54 Å². The van der Waals surface area contributed by atoms with Crippen molar-refractivity contribution in [3.8, 4) is 0 Å². The number of guanidine groups is 1. The molecule has 1 saturated heterocycles. The van der Waals surface area contributed by atoms with Gasteiger partial charge in [0, 0.05) is 6.54 Å². The van der Waals surface area contributed by atoms with Crippen molar-refractivity contribution in [1.29, 1.82) is 0 Å². The van der Waals surface area contributed by atoms with Crippen LogP contribution in [0.5, 0.6) is 0 Å². The van der Waals surface area contributed by atoms with Gasteiger partial charge in [-0.3, -0.25) is 14.6 Å². The molecule has 0 aliphatic carbocycles. The summed E-state index contributed by atoms with van der Waals surface area (Å²) in [5, 5.41) is 5.94. The maximum Gasteiger partial charge on any atom is 0.268 e. The number of nitrogens with one attached hydrogen (secondary N) is 3. The third-order valence-electron chi connectivity index (χ3n) is 1.72. The lowest BCUT2D eigenvalue weighted by Crippen LogP contribution is -2.45. The Labute approximate surface area is 69.3 Å². The van der Waals surface area contributed by atoms with Crippen LogP contribution < -0.4 is 16.1 Å². The predicted octanol–water partition coefficient (Wildman–Crippen LogP) is -2.03. The van der Waals surface area contributed by atoms with Crippen LogP contribution in [-0.4, -0.2) is 37.6 Å².